The lowest BCUT2D eigenvalue weighted by molar-refractivity contribution is 0.907. The fraction of sp³-hybridized carbons (Fsp3) is 0.364. The summed E-state index contributed by atoms with van der Waals surface area (Å²) in [5.41, 5.74) is 2.11. The number of nitrogens with one attached hydrogen (secondary N) is 1. The van der Waals surface area contributed by atoms with E-state index in [9.17, 15) is 0 Å². The minimum atomic E-state index is 0.678. The molecule has 0 radical (unpaired) electrons. The van der Waals surface area contributed by atoms with Crippen molar-refractivity contribution in [2.24, 2.45) is 4.99 Å². The van der Waals surface area contributed by atoms with Gasteiger partial charge in [-0.15, -0.1) is 13.2 Å². The topological polar surface area (TPSA) is 24.4 Å². The van der Waals surface area contributed by atoms with Gasteiger partial charge >= 0.3 is 0 Å². The van der Waals surface area contributed by atoms with Gasteiger partial charge in [-0.2, -0.15) is 0 Å². The molecule has 0 aromatic rings. The van der Waals surface area contributed by atoms with Crippen molar-refractivity contribution in [3.05, 3.63) is 37.1 Å². The van der Waals surface area contributed by atoms with E-state index in [1.54, 1.807) is 6.08 Å². The highest BCUT2D eigenvalue weighted by molar-refractivity contribution is 5.93. The molecule has 0 aliphatic carbocycles. The molecule has 0 unspecified atom stereocenters. The average Bonchev–Trinajstić information content (AvgIpc) is 2.11. The van der Waals surface area contributed by atoms with Crippen LogP contribution in [-0.4, -0.2) is 18.8 Å². The van der Waals surface area contributed by atoms with Crippen LogP contribution < -0.4 is 5.32 Å². The summed E-state index contributed by atoms with van der Waals surface area (Å²) in [4.78, 5) is 4.25. The van der Waals surface area contributed by atoms with Crippen LogP contribution in [0.25, 0.3) is 0 Å². The Morgan fingerprint density at radius 2 is 2.00 bits per heavy atom. The Balaban J connectivity index is 4.03. The molecule has 0 saturated heterocycles. The maximum atomic E-state index is 4.25. The largest absolute Gasteiger partial charge is 0.385 e. The fourth-order valence-electron chi connectivity index (χ4n) is 0.852. The van der Waals surface area contributed by atoms with E-state index in [2.05, 4.69) is 23.5 Å². The number of allylic oxidation sites excluding steroid dienone is 2. The van der Waals surface area contributed by atoms with Crippen molar-refractivity contribution in [3.63, 3.8) is 0 Å². The minimum absolute atomic E-state index is 0.678. The van der Waals surface area contributed by atoms with Crippen LogP contribution in [0, 0.1) is 0 Å². The van der Waals surface area contributed by atoms with Gasteiger partial charge in [-0.05, 0) is 19.9 Å². The predicted octanol–water partition coefficient (Wildman–Crippen LogP) is 2.31. The highest BCUT2D eigenvalue weighted by Crippen LogP contribution is 1.89. The van der Waals surface area contributed by atoms with Crippen molar-refractivity contribution in [2.45, 2.75) is 13.8 Å². The van der Waals surface area contributed by atoms with Crippen molar-refractivity contribution < 1.29 is 0 Å². The molecule has 0 fully saturated rings. The maximum absolute atomic E-state index is 4.25. The first-order chi connectivity index (χ1) is 6.20. The van der Waals surface area contributed by atoms with E-state index in [0.717, 1.165) is 18.0 Å². The monoisotopic (exact) mass is 178 g/mol. The highest BCUT2D eigenvalue weighted by atomic mass is 14.9. The molecule has 0 aromatic carbocycles. The van der Waals surface area contributed by atoms with Crippen LogP contribution in [0.2, 0.25) is 0 Å². The van der Waals surface area contributed by atoms with Gasteiger partial charge in [-0.1, -0.05) is 12.2 Å². The summed E-state index contributed by atoms with van der Waals surface area (Å²) in [7, 11) is 0. The first-order valence-electron chi connectivity index (χ1n) is 4.35. The third-order valence-electron chi connectivity index (χ3n) is 1.42. The molecule has 0 bridgehead atoms. The van der Waals surface area contributed by atoms with Crippen molar-refractivity contribution in [1.82, 2.24) is 5.32 Å². The van der Waals surface area contributed by atoms with Crippen LogP contribution in [0.4, 0.5) is 0 Å². The maximum Gasteiger partial charge on any atom is 0.0570 e. The Hall–Kier alpha value is -1.31. The summed E-state index contributed by atoms with van der Waals surface area (Å²) < 4.78 is 0. The molecule has 2 nitrogen and oxygen atoms in total. The number of nitrogens with zero attached hydrogens (tertiary/aromatic N) is 1. The van der Waals surface area contributed by atoms with E-state index in [1.165, 1.54) is 0 Å². The molecule has 0 aromatic heterocycles. The highest BCUT2D eigenvalue weighted by Gasteiger charge is 1.87. The van der Waals surface area contributed by atoms with Gasteiger partial charge in [0.15, 0.2) is 0 Å². The van der Waals surface area contributed by atoms with Crippen LogP contribution in [0.3, 0.4) is 0 Å². The van der Waals surface area contributed by atoms with Gasteiger partial charge in [-0.25, -0.2) is 0 Å². The second kappa shape index (κ2) is 7.35. The Morgan fingerprint density at radius 3 is 2.54 bits per heavy atom. The van der Waals surface area contributed by atoms with E-state index < -0.39 is 0 Å². The van der Waals surface area contributed by atoms with Crippen LogP contribution in [0.15, 0.2) is 42.1 Å². The lowest BCUT2D eigenvalue weighted by atomic mass is 10.3. The van der Waals surface area contributed by atoms with E-state index in [1.807, 2.05) is 26.0 Å². The third kappa shape index (κ3) is 7.06. The number of aliphatic imine (C=N–C) groups is 1. The van der Waals surface area contributed by atoms with Gasteiger partial charge in [0.2, 0.25) is 0 Å². The SMILES string of the molecule is C=CCN=C(C)/C=C(/C)NCC=C. The minimum Gasteiger partial charge on any atom is -0.385 e. The smallest absolute Gasteiger partial charge is 0.0570 e. The summed E-state index contributed by atoms with van der Waals surface area (Å²) in [6.07, 6.45) is 5.62. The quantitative estimate of drug-likeness (QED) is 0.490. The van der Waals surface area contributed by atoms with Gasteiger partial charge in [0.25, 0.3) is 0 Å². The first-order valence-corrected chi connectivity index (χ1v) is 4.35. The molecule has 1 N–H and O–H groups in total. The molecule has 0 saturated carbocycles. The Bertz CT molecular complexity index is 224. The zero-order valence-corrected chi connectivity index (χ0v) is 8.51. The molecule has 0 spiro atoms. The molecule has 0 amide bonds. The lowest BCUT2D eigenvalue weighted by Crippen LogP contribution is -2.11. The van der Waals surface area contributed by atoms with Crippen LogP contribution in [0.1, 0.15) is 13.8 Å². The molecule has 2 heteroatoms. The van der Waals surface area contributed by atoms with E-state index in [-0.39, 0.29) is 0 Å². The number of hydrogen-bond acceptors (Lipinski definition) is 2. The van der Waals surface area contributed by atoms with Gasteiger partial charge in [-0.3, -0.25) is 4.99 Å². The summed E-state index contributed by atoms with van der Waals surface area (Å²) in [6, 6.07) is 0. The van der Waals surface area contributed by atoms with Crippen LogP contribution in [-0.2, 0) is 0 Å². The van der Waals surface area contributed by atoms with Crippen molar-refractivity contribution in [2.75, 3.05) is 13.1 Å². The zero-order valence-electron chi connectivity index (χ0n) is 8.51. The summed E-state index contributed by atoms with van der Waals surface area (Å²) >= 11 is 0. The van der Waals surface area contributed by atoms with Crippen LogP contribution >= 0.6 is 0 Å². The Morgan fingerprint density at radius 1 is 1.31 bits per heavy atom. The zero-order chi connectivity index (χ0) is 10.1. The Kier molecular flexibility index (Phi) is 6.60. The molecule has 0 atom stereocenters. The van der Waals surface area contributed by atoms with Gasteiger partial charge in [0.1, 0.15) is 0 Å². The van der Waals surface area contributed by atoms with E-state index in [0.29, 0.717) is 6.54 Å². The first kappa shape index (κ1) is 11.7. The molecular weight excluding hydrogens is 160 g/mol. The molecular formula is C11H18N2. The summed E-state index contributed by atoms with van der Waals surface area (Å²) in [6.45, 7) is 12.7. The fourth-order valence-corrected chi connectivity index (χ4v) is 0.852. The third-order valence-corrected chi connectivity index (χ3v) is 1.42. The normalized spacial score (nSPS) is 12.5. The number of hydrogen-bond donors (Lipinski definition) is 1. The van der Waals surface area contributed by atoms with E-state index in [4.69, 9.17) is 0 Å². The molecule has 0 rings (SSSR count). The van der Waals surface area contributed by atoms with E-state index >= 15 is 0 Å². The van der Waals surface area contributed by atoms with Crippen molar-refractivity contribution >= 4 is 5.71 Å². The molecule has 0 aliphatic rings. The van der Waals surface area contributed by atoms with Gasteiger partial charge < -0.3 is 5.32 Å². The second-order valence-corrected chi connectivity index (χ2v) is 2.77. The lowest BCUT2D eigenvalue weighted by Gasteiger charge is -2.02. The van der Waals surface area contributed by atoms with Gasteiger partial charge in [0, 0.05) is 18.0 Å². The van der Waals surface area contributed by atoms with Crippen molar-refractivity contribution in [1.29, 1.82) is 0 Å². The number of rotatable bonds is 6. The molecule has 0 aliphatic heterocycles. The predicted molar refractivity (Wildman–Crippen MR) is 60.1 cm³/mol. The van der Waals surface area contributed by atoms with Crippen LogP contribution in [0.5, 0.6) is 0 Å². The van der Waals surface area contributed by atoms with Gasteiger partial charge in [0.05, 0.1) is 6.54 Å². The Labute approximate surface area is 80.8 Å². The summed E-state index contributed by atoms with van der Waals surface area (Å²) in [5.74, 6) is 0. The summed E-state index contributed by atoms with van der Waals surface area (Å²) in [5, 5.41) is 3.18. The second-order valence-electron chi connectivity index (χ2n) is 2.77. The average molecular weight is 178 g/mol. The van der Waals surface area contributed by atoms with Crippen molar-refractivity contribution in [3.8, 4) is 0 Å². The molecule has 13 heavy (non-hydrogen) atoms. The molecule has 72 valence electrons. The standard InChI is InChI=1S/C11H18N2/c1-5-7-12-10(3)9-11(4)13-8-6-2/h5-6,9,12H,1-2,7-8H2,3-4H3/b10-9-,13-11?. The molecule has 0 heterocycles.